The van der Waals surface area contributed by atoms with Crippen LogP contribution in [0.25, 0.3) is 0 Å². The number of anilines is 3. The Morgan fingerprint density at radius 2 is 1.94 bits per heavy atom. The van der Waals surface area contributed by atoms with Crippen LogP contribution in [-0.2, 0) is 0 Å². The van der Waals surface area contributed by atoms with Crippen LogP contribution in [-0.4, -0.2) is 0 Å². The second-order valence-corrected chi connectivity index (χ2v) is 4.78. The molecule has 2 aromatic carbocycles. The minimum Gasteiger partial charge on any atom is -0.397 e. The lowest BCUT2D eigenvalue weighted by atomic mass is 10.2. The number of rotatable bonds is 2. The lowest BCUT2D eigenvalue weighted by molar-refractivity contribution is 0.622. The van der Waals surface area contributed by atoms with Gasteiger partial charge in [-0.3, -0.25) is 0 Å². The van der Waals surface area contributed by atoms with E-state index in [4.69, 9.17) is 17.3 Å². The summed E-state index contributed by atoms with van der Waals surface area (Å²) in [6.45, 7) is 0. The molecule has 17 heavy (non-hydrogen) atoms. The van der Waals surface area contributed by atoms with Crippen LogP contribution >= 0.6 is 27.5 Å². The van der Waals surface area contributed by atoms with Crippen molar-refractivity contribution in [3.05, 3.63) is 51.7 Å². The van der Waals surface area contributed by atoms with E-state index < -0.39 is 0 Å². The Bertz CT molecular complexity index is 560. The topological polar surface area (TPSA) is 38.0 Å². The average Bonchev–Trinajstić information content (AvgIpc) is 2.29. The van der Waals surface area contributed by atoms with E-state index in [-0.39, 0.29) is 5.82 Å². The van der Waals surface area contributed by atoms with Crippen LogP contribution in [0, 0.1) is 5.82 Å². The molecule has 3 N–H and O–H groups in total. The number of nitrogen functional groups attached to an aromatic ring is 1. The van der Waals surface area contributed by atoms with Crippen LogP contribution in [0.4, 0.5) is 21.5 Å². The monoisotopic (exact) mass is 314 g/mol. The summed E-state index contributed by atoms with van der Waals surface area (Å²) in [5.74, 6) is -0.337. The van der Waals surface area contributed by atoms with Crippen molar-refractivity contribution in [2.24, 2.45) is 0 Å². The van der Waals surface area contributed by atoms with Gasteiger partial charge in [0.25, 0.3) is 0 Å². The Balaban J connectivity index is 2.31. The molecule has 0 bridgehead atoms. The molecule has 0 amide bonds. The third kappa shape index (κ3) is 2.90. The molecule has 0 atom stereocenters. The summed E-state index contributed by atoms with van der Waals surface area (Å²) in [7, 11) is 0. The van der Waals surface area contributed by atoms with Gasteiger partial charge in [0, 0.05) is 10.7 Å². The second kappa shape index (κ2) is 4.94. The number of hydrogen-bond donors (Lipinski definition) is 2. The fourth-order valence-corrected chi connectivity index (χ4v) is 1.78. The molecule has 0 saturated heterocycles. The maximum absolute atomic E-state index is 13.3. The molecule has 0 saturated carbocycles. The first kappa shape index (κ1) is 12.2. The number of nitrogens with two attached hydrogens (primary N) is 1. The highest BCUT2D eigenvalue weighted by molar-refractivity contribution is 9.10. The summed E-state index contributed by atoms with van der Waals surface area (Å²) in [6.07, 6.45) is 0. The first-order valence-corrected chi connectivity index (χ1v) is 6.00. The third-order valence-corrected chi connectivity index (χ3v) is 3.09. The summed E-state index contributed by atoms with van der Waals surface area (Å²) in [5.41, 5.74) is 7.60. The zero-order valence-corrected chi connectivity index (χ0v) is 11.0. The van der Waals surface area contributed by atoms with Crippen LogP contribution < -0.4 is 11.1 Å². The summed E-state index contributed by atoms with van der Waals surface area (Å²) in [5, 5.41) is 3.58. The van der Waals surface area contributed by atoms with Gasteiger partial charge < -0.3 is 11.1 Å². The van der Waals surface area contributed by atoms with Gasteiger partial charge in [-0.25, -0.2) is 4.39 Å². The number of hydrogen-bond acceptors (Lipinski definition) is 2. The van der Waals surface area contributed by atoms with Crippen LogP contribution in [0.5, 0.6) is 0 Å². The van der Waals surface area contributed by atoms with Gasteiger partial charge in [0.1, 0.15) is 5.82 Å². The lowest BCUT2D eigenvalue weighted by Crippen LogP contribution is -1.96. The molecule has 2 aromatic rings. The molecule has 0 aromatic heterocycles. The molecule has 0 unspecified atom stereocenters. The van der Waals surface area contributed by atoms with Crippen molar-refractivity contribution in [1.29, 1.82) is 0 Å². The predicted octanol–water partition coefficient (Wildman–Crippen LogP) is 4.57. The van der Waals surface area contributed by atoms with E-state index in [1.807, 2.05) is 0 Å². The lowest BCUT2D eigenvalue weighted by Gasteiger charge is -2.10. The van der Waals surface area contributed by atoms with Crippen molar-refractivity contribution in [2.75, 3.05) is 11.1 Å². The van der Waals surface area contributed by atoms with Gasteiger partial charge in [-0.1, -0.05) is 11.6 Å². The first-order valence-electron chi connectivity index (χ1n) is 4.83. The maximum Gasteiger partial charge on any atom is 0.139 e. The van der Waals surface area contributed by atoms with Crippen molar-refractivity contribution in [3.8, 4) is 0 Å². The van der Waals surface area contributed by atoms with Gasteiger partial charge >= 0.3 is 0 Å². The van der Waals surface area contributed by atoms with E-state index in [2.05, 4.69) is 21.2 Å². The average molecular weight is 316 g/mol. The molecule has 0 aliphatic carbocycles. The van der Waals surface area contributed by atoms with Crippen LogP contribution in [0.15, 0.2) is 40.9 Å². The minimum absolute atomic E-state index is 0.337. The molecule has 88 valence electrons. The fraction of sp³-hybridized carbons (Fsp3) is 0. The van der Waals surface area contributed by atoms with Gasteiger partial charge in [0.15, 0.2) is 0 Å². The van der Waals surface area contributed by atoms with Crippen LogP contribution in [0.3, 0.4) is 0 Å². The highest BCUT2D eigenvalue weighted by Crippen LogP contribution is 2.28. The Labute approximate surface area is 112 Å². The Morgan fingerprint density at radius 1 is 1.18 bits per heavy atom. The smallest absolute Gasteiger partial charge is 0.139 e. The number of halogens is 3. The van der Waals surface area contributed by atoms with Crippen molar-refractivity contribution in [2.45, 2.75) is 0 Å². The quantitative estimate of drug-likeness (QED) is 0.797. The molecule has 0 heterocycles. The Morgan fingerprint density at radius 3 is 2.65 bits per heavy atom. The van der Waals surface area contributed by atoms with E-state index in [0.717, 1.165) is 0 Å². The zero-order valence-electron chi connectivity index (χ0n) is 8.68. The number of benzene rings is 2. The van der Waals surface area contributed by atoms with E-state index >= 15 is 0 Å². The molecule has 0 aliphatic heterocycles. The molecule has 2 rings (SSSR count). The molecule has 0 aliphatic rings. The molecule has 0 spiro atoms. The molecular weight excluding hydrogens is 307 g/mol. The van der Waals surface area contributed by atoms with Gasteiger partial charge in [0.2, 0.25) is 0 Å². The minimum atomic E-state index is -0.337. The van der Waals surface area contributed by atoms with Gasteiger partial charge in [0.05, 0.1) is 15.8 Å². The van der Waals surface area contributed by atoms with Crippen molar-refractivity contribution < 1.29 is 4.39 Å². The number of nitrogens with one attached hydrogen (secondary N) is 1. The summed E-state index contributed by atoms with van der Waals surface area (Å²) >= 11 is 8.95. The van der Waals surface area contributed by atoms with Crippen LogP contribution in [0.2, 0.25) is 5.02 Å². The fourth-order valence-electron chi connectivity index (χ4n) is 1.37. The standard InChI is InChI=1S/C12H9BrClFN2/c13-9-3-2-8(6-10(9)15)17-12-5-7(14)1-4-11(12)16/h1-6,17H,16H2. The van der Waals surface area contributed by atoms with Crippen molar-refractivity contribution in [1.82, 2.24) is 0 Å². The second-order valence-electron chi connectivity index (χ2n) is 3.49. The molecule has 2 nitrogen and oxygen atoms in total. The summed E-state index contributed by atoms with van der Waals surface area (Å²) in [4.78, 5) is 0. The summed E-state index contributed by atoms with van der Waals surface area (Å²) < 4.78 is 13.7. The highest BCUT2D eigenvalue weighted by atomic mass is 79.9. The van der Waals surface area contributed by atoms with E-state index in [1.165, 1.54) is 6.07 Å². The summed E-state index contributed by atoms with van der Waals surface area (Å²) in [6, 6.07) is 9.83. The van der Waals surface area contributed by atoms with Crippen molar-refractivity contribution >= 4 is 44.6 Å². The molecule has 5 heteroatoms. The Kier molecular flexibility index (Phi) is 3.54. The maximum atomic E-state index is 13.3. The normalized spacial score (nSPS) is 10.3. The van der Waals surface area contributed by atoms with E-state index in [1.54, 1.807) is 30.3 Å². The van der Waals surface area contributed by atoms with Gasteiger partial charge in [-0.2, -0.15) is 0 Å². The van der Waals surface area contributed by atoms with Gasteiger partial charge in [-0.15, -0.1) is 0 Å². The zero-order chi connectivity index (χ0) is 12.4. The van der Waals surface area contributed by atoms with Gasteiger partial charge in [-0.05, 0) is 52.3 Å². The SMILES string of the molecule is Nc1ccc(Cl)cc1Nc1ccc(Br)c(F)c1. The Hall–Kier alpha value is -1.26. The largest absolute Gasteiger partial charge is 0.397 e. The van der Waals surface area contributed by atoms with E-state index in [9.17, 15) is 4.39 Å². The highest BCUT2D eigenvalue weighted by Gasteiger charge is 2.03. The predicted molar refractivity (Wildman–Crippen MR) is 73.2 cm³/mol. The van der Waals surface area contributed by atoms with Crippen molar-refractivity contribution in [3.63, 3.8) is 0 Å². The van der Waals surface area contributed by atoms with Crippen LogP contribution in [0.1, 0.15) is 0 Å². The molecule has 0 fully saturated rings. The molecular formula is C12H9BrClFN2. The first-order chi connectivity index (χ1) is 8.06. The van der Waals surface area contributed by atoms with E-state index in [0.29, 0.717) is 26.6 Å². The third-order valence-electron chi connectivity index (χ3n) is 2.21. The molecule has 0 radical (unpaired) electrons.